The molecule has 1 aromatic heterocycles. The van der Waals surface area contributed by atoms with Crippen molar-refractivity contribution in [2.75, 3.05) is 32.5 Å². The van der Waals surface area contributed by atoms with Gasteiger partial charge in [0.2, 0.25) is 0 Å². The largest absolute Gasteiger partial charge is 0.384 e. The Bertz CT molecular complexity index is 347. The predicted octanol–water partition coefficient (Wildman–Crippen LogP) is 0.00680. The van der Waals surface area contributed by atoms with Crippen molar-refractivity contribution in [3.8, 4) is 0 Å². The first-order valence-electron chi connectivity index (χ1n) is 5.24. The monoisotopic (exact) mass is 210 g/mol. The van der Waals surface area contributed by atoms with Crippen molar-refractivity contribution >= 4 is 5.82 Å². The van der Waals surface area contributed by atoms with Gasteiger partial charge in [-0.2, -0.15) is 5.10 Å². The lowest BCUT2D eigenvalue weighted by atomic mass is 10.1. The maximum absolute atomic E-state index is 5.96. The van der Waals surface area contributed by atoms with E-state index in [1.807, 2.05) is 7.05 Å². The van der Waals surface area contributed by atoms with E-state index in [0.29, 0.717) is 0 Å². The van der Waals surface area contributed by atoms with Crippen molar-refractivity contribution in [3.63, 3.8) is 0 Å². The second-order valence-electron chi connectivity index (χ2n) is 3.95. The second-order valence-corrected chi connectivity index (χ2v) is 3.95. The quantitative estimate of drug-likeness (QED) is 0.763. The molecule has 0 atom stereocenters. The zero-order valence-electron chi connectivity index (χ0n) is 9.36. The molecule has 5 nitrogen and oxygen atoms in total. The van der Waals surface area contributed by atoms with Crippen LogP contribution in [0.15, 0.2) is 0 Å². The molecule has 2 heterocycles. The standard InChI is InChI=1S/C10H18N4O/c1-13-10(11)8-7-14(5-6-15-2)4-3-9(8)12-13/h3-7,11H2,1-2H3. The number of methoxy groups -OCH3 is 1. The number of rotatable bonds is 3. The molecule has 15 heavy (non-hydrogen) atoms. The van der Waals surface area contributed by atoms with Crippen LogP contribution in [0.2, 0.25) is 0 Å². The summed E-state index contributed by atoms with van der Waals surface area (Å²) < 4.78 is 6.84. The number of hydrogen-bond donors (Lipinski definition) is 1. The predicted molar refractivity (Wildman–Crippen MR) is 58.5 cm³/mol. The molecule has 0 spiro atoms. The molecule has 2 rings (SSSR count). The van der Waals surface area contributed by atoms with Gasteiger partial charge in [-0.3, -0.25) is 9.58 Å². The van der Waals surface area contributed by atoms with Gasteiger partial charge in [0.1, 0.15) is 5.82 Å². The smallest absolute Gasteiger partial charge is 0.126 e. The van der Waals surface area contributed by atoms with E-state index in [-0.39, 0.29) is 0 Å². The van der Waals surface area contributed by atoms with Crippen LogP contribution in [0.4, 0.5) is 5.82 Å². The lowest BCUT2D eigenvalue weighted by Crippen LogP contribution is -2.33. The van der Waals surface area contributed by atoms with E-state index < -0.39 is 0 Å². The van der Waals surface area contributed by atoms with Gasteiger partial charge in [-0.1, -0.05) is 0 Å². The molecule has 1 aromatic rings. The van der Waals surface area contributed by atoms with Gasteiger partial charge in [-0.15, -0.1) is 0 Å². The van der Waals surface area contributed by atoms with Crippen LogP contribution in [-0.2, 0) is 24.8 Å². The average Bonchev–Trinajstić information content (AvgIpc) is 2.52. The molecule has 5 heteroatoms. The summed E-state index contributed by atoms with van der Waals surface area (Å²) in [5.74, 6) is 0.798. The average molecular weight is 210 g/mol. The van der Waals surface area contributed by atoms with Crippen molar-refractivity contribution in [1.82, 2.24) is 14.7 Å². The summed E-state index contributed by atoms with van der Waals surface area (Å²) in [4.78, 5) is 2.35. The maximum Gasteiger partial charge on any atom is 0.126 e. The van der Waals surface area contributed by atoms with Gasteiger partial charge in [0.25, 0.3) is 0 Å². The first-order valence-corrected chi connectivity index (χ1v) is 5.24. The zero-order chi connectivity index (χ0) is 10.8. The Morgan fingerprint density at radius 1 is 1.53 bits per heavy atom. The molecule has 1 aliphatic rings. The second kappa shape index (κ2) is 4.20. The van der Waals surface area contributed by atoms with Crippen molar-refractivity contribution in [2.45, 2.75) is 13.0 Å². The number of aryl methyl sites for hydroxylation is 1. The Labute approximate surface area is 89.8 Å². The van der Waals surface area contributed by atoms with E-state index in [9.17, 15) is 0 Å². The molecule has 0 saturated carbocycles. The molecular weight excluding hydrogens is 192 g/mol. The molecule has 0 aromatic carbocycles. The van der Waals surface area contributed by atoms with Gasteiger partial charge < -0.3 is 10.5 Å². The number of nitrogens with zero attached hydrogens (tertiary/aromatic N) is 3. The number of aromatic nitrogens is 2. The third-order valence-corrected chi connectivity index (χ3v) is 2.94. The molecule has 0 saturated heterocycles. The molecule has 1 aliphatic heterocycles. The van der Waals surface area contributed by atoms with Crippen LogP contribution in [0.5, 0.6) is 0 Å². The fourth-order valence-electron chi connectivity index (χ4n) is 1.99. The van der Waals surface area contributed by atoms with E-state index >= 15 is 0 Å². The number of ether oxygens (including phenoxy) is 1. The summed E-state index contributed by atoms with van der Waals surface area (Å²) in [5.41, 5.74) is 8.31. The molecule has 0 amide bonds. The normalized spacial score (nSPS) is 16.7. The molecule has 0 bridgehead atoms. The van der Waals surface area contributed by atoms with Crippen molar-refractivity contribution in [2.24, 2.45) is 7.05 Å². The van der Waals surface area contributed by atoms with Crippen LogP contribution in [0.3, 0.4) is 0 Å². The highest BCUT2D eigenvalue weighted by Crippen LogP contribution is 2.22. The highest BCUT2D eigenvalue weighted by Gasteiger charge is 2.21. The first-order chi connectivity index (χ1) is 7.22. The Hall–Kier alpha value is -1.07. The van der Waals surface area contributed by atoms with E-state index in [1.54, 1.807) is 11.8 Å². The highest BCUT2D eigenvalue weighted by molar-refractivity contribution is 5.44. The molecule has 0 radical (unpaired) electrons. The van der Waals surface area contributed by atoms with Crippen molar-refractivity contribution in [3.05, 3.63) is 11.3 Å². The van der Waals surface area contributed by atoms with Crippen molar-refractivity contribution in [1.29, 1.82) is 0 Å². The molecule has 0 unspecified atom stereocenters. The number of hydrogen-bond acceptors (Lipinski definition) is 4. The molecule has 84 valence electrons. The van der Waals surface area contributed by atoms with Crippen LogP contribution in [-0.4, -0.2) is 41.5 Å². The van der Waals surface area contributed by atoms with Gasteiger partial charge >= 0.3 is 0 Å². The van der Waals surface area contributed by atoms with Crippen molar-refractivity contribution < 1.29 is 4.74 Å². The summed E-state index contributed by atoms with van der Waals surface area (Å²) in [6, 6.07) is 0. The van der Waals surface area contributed by atoms with E-state index in [1.165, 1.54) is 5.56 Å². The minimum atomic E-state index is 0.773. The number of nitrogens with two attached hydrogens (primary N) is 1. The Kier molecular flexibility index (Phi) is 2.93. The summed E-state index contributed by atoms with van der Waals surface area (Å²) in [6.07, 6.45) is 0.990. The molecular formula is C10H18N4O. The van der Waals surface area contributed by atoms with Crippen LogP contribution in [0, 0.1) is 0 Å². The van der Waals surface area contributed by atoms with Gasteiger partial charge in [-0.05, 0) is 0 Å². The fourth-order valence-corrected chi connectivity index (χ4v) is 1.99. The van der Waals surface area contributed by atoms with Crippen LogP contribution in [0.25, 0.3) is 0 Å². The SMILES string of the molecule is COCCN1CCc2nn(C)c(N)c2C1. The lowest BCUT2D eigenvalue weighted by Gasteiger charge is -2.25. The van der Waals surface area contributed by atoms with Gasteiger partial charge in [0, 0.05) is 45.8 Å². The zero-order valence-corrected chi connectivity index (χ0v) is 9.36. The number of nitrogen functional groups attached to an aromatic ring is 1. The van der Waals surface area contributed by atoms with Gasteiger partial charge in [0.15, 0.2) is 0 Å². The minimum absolute atomic E-state index is 0.773. The summed E-state index contributed by atoms with van der Waals surface area (Å²) in [5, 5.41) is 4.40. The lowest BCUT2D eigenvalue weighted by molar-refractivity contribution is 0.140. The molecule has 0 fully saturated rings. The van der Waals surface area contributed by atoms with Gasteiger partial charge in [0.05, 0.1) is 12.3 Å². The summed E-state index contributed by atoms with van der Waals surface area (Å²) in [6.45, 7) is 3.69. The molecule has 0 aliphatic carbocycles. The van der Waals surface area contributed by atoms with E-state index in [4.69, 9.17) is 10.5 Å². The molecule has 2 N–H and O–H groups in total. The third-order valence-electron chi connectivity index (χ3n) is 2.94. The summed E-state index contributed by atoms with van der Waals surface area (Å²) in [7, 11) is 3.63. The number of anilines is 1. The third kappa shape index (κ3) is 1.98. The number of fused-ring (bicyclic) bond motifs is 1. The Morgan fingerprint density at radius 3 is 3.07 bits per heavy atom. The topological polar surface area (TPSA) is 56.3 Å². The summed E-state index contributed by atoms with van der Waals surface area (Å²) >= 11 is 0. The van der Waals surface area contributed by atoms with Crippen LogP contribution >= 0.6 is 0 Å². The Balaban J connectivity index is 2.08. The van der Waals surface area contributed by atoms with E-state index in [2.05, 4.69) is 10.00 Å². The fraction of sp³-hybridized carbons (Fsp3) is 0.700. The van der Waals surface area contributed by atoms with Gasteiger partial charge in [-0.25, -0.2) is 0 Å². The van der Waals surface area contributed by atoms with Crippen LogP contribution < -0.4 is 5.73 Å². The van der Waals surface area contributed by atoms with E-state index in [0.717, 1.165) is 44.2 Å². The first kappa shape index (κ1) is 10.4. The minimum Gasteiger partial charge on any atom is -0.384 e. The Morgan fingerprint density at radius 2 is 2.33 bits per heavy atom. The van der Waals surface area contributed by atoms with Crippen LogP contribution in [0.1, 0.15) is 11.3 Å². The maximum atomic E-state index is 5.96. The highest BCUT2D eigenvalue weighted by atomic mass is 16.5.